The van der Waals surface area contributed by atoms with Crippen molar-refractivity contribution < 1.29 is 14.3 Å². The summed E-state index contributed by atoms with van der Waals surface area (Å²) in [4.78, 5) is 26.4. The molecule has 0 aliphatic rings. The Kier molecular flexibility index (Phi) is 6.04. The molecule has 0 unspecified atom stereocenters. The maximum Gasteiger partial charge on any atom is 0.325 e. The fraction of sp³-hybridized carbons (Fsp3) is 0.333. The second-order valence-corrected chi connectivity index (χ2v) is 6.54. The third-order valence-corrected chi connectivity index (χ3v) is 4.53. The van der Waals surface area contributed by atoms with Crippen LogP contribution in [0.15, 0.2) is 47.4 Å². The molecule has 4 nitrogen and oxygen atoms in total. The van der Waals surface area contributed by atoms with E-state index >= 15 is 0 Å². The van der Waals surface area contributed by atoms with Crippen molar-refractivity contribution in [2.75, 3.05) is 19.4 Å². The molecule has 0 N–H and O–H groups in total. The molecule has 2 aromatic carbocycles. The van der Waals surface area contributed by atoms with Gasteiger partial charge in [-0.1, -0.05) is 30.3 Å². The van der Waals surface area contributed by atoms with Crippen LogP contribution < -0.4 is 0 Å². The van der Waals surface area contributed by atoms with Crippen LogP contribution in [0.3, 0.4) is 0 Å². The standard InChI is InChI=1S/C18H21NO3S/c1-13(2)19(11-18(21)22-3)17(20)12-23-16-9-8-14-6-4-5-7-15(14)10-16/h4-10,13H,11-12H2,1-3H3. The third-order valence-electron chi connectivity index (χ3n) is 3.55. The molecule has 5 heteroatoms. The van der Waals surface area contributed by atoms with Crippen molar-refractivity contribution in [3.05, 3.63) is 42.5 Å². The molecule has 23 heavy (non-hydrogen) atoms. The summed E-state index contributed by atoms with van der Waals surface area (Å²) in [5.41, 5.74) is 0. The number of methoxy groups -OCH3 is 1. The summed E-state index contributed by atoms with van der Waals surface area (Å²) in [6, 6.07) is 14.2. The second-order valence-electron chi connectivity index (χ2n) is 5.49. The van der Waals surface area contributed by atoms with Gasteiger partial charge in [0.2, 0.25) is 5.91 Å². The van der Waals surface area contributed by atoms with Crippen LogP contribution in [0.2, 0.25) is 0 Å². The van der Waals surface area contributed by atoms with Crippen molar-refractivity contribution in [1.29, 1.82) is 0 Å². The fourth-order valence-corrected chi connectivity index (χ4v) is 3.08. The molecule has 0 saturated carbocycles. The van der Waals surface area contributed by atoms with Gasteiger partial charge in [-0.15, -0.1) is 11.8 Å². The van der Waals surface area contributed by atoms with Crippen molar-refractivity contribution >= 4 is 34.4 Å². The van der Waals surface area contributed by atoms with E-state index in [4.69, 9.17) is 0 Å². The van der Waals surface area contributed by atoms with Gasteiger partial charge in [0.05, 0.1) is 12.9 Å². The van der Waals surface area contributed by atoms with Crippen molar-refractivity contribution in [3.8, 4) is 0 Å². The first-order valence-corrected chi connectivity index (χ1v) is 8.47. The number of hydrogen-bond acceptors (Lipinski definition) is 4. The monoisotopic (exact) mass is 331 g/mol. The zero-order chi connectivity index (χ0) is 16.8. The first kappa shape index (κ1) is 17.3. The highest BCUT2D eigenvalue weighted by molar-refractivity contribution is 8.00. The van der Waals surface area contributed by atoms with Gasteiger partial charge in [-0.25, -0.2) is 0 Å². The van der Waals surface area contributed by atoms with Gasteiger partial charge in [0.15, 0.2) is 0 Å². The quantitative estimate of drug-likeness (QED) is 0.602. The number of carbonyl (C=O) groups excluding carboxylic acids is 2. The summed E-state index contributed by atoms with van der Waals surface area (Å²) < 4.78 is 4.65. The molecular formula is C18H21NO3S. The van der Waals surface area contributed by atoms with Gasteiger partial charge < -0.3 is 9.64 Å². The Morgan fingerprint density at radius 3 is 2.48 bits per heavy atom. The first-order valence-electron chi connectivity index (χ1n) is 7.49. The van der Waals surface area contributed by atoms with Crippen molar-refractivity contribution in [3.63, 3.8) is 0 Å². The lowest BCUT2D eigenvalue weighted by atomic mass is 10.1. The predicted octanol–water partition coefficient (Wildman–Crippen LogP) is 3.34. The smallest absolute Gasteiger partial charge is 0.325 e. The first-order chi connectivity index (χ1) is 11.0. The van der Waals surface area contributed by atoms with Gasteiger partial charge in [0.1, 0.15) is 6.54 Å². The lowest BCUT2D eigenvalue weighted by Gasteiger charge is -2.25. The molecular weight excluding hydrogens is 310 g/mol. The zero-order valence-electron chi connectivity index (χ0n) is 13.6. The lowest BCUT2D eigenvalue weighted by molar-refractivity contribution is -0.147. The third kappa shape index (κ3) is 4.73. The van der Waals surface area contributed by atoms with Crippen molar-refractivity contribution in [2.24, 2.45) is 0 Å². The average Bonchev–Trinajstić information content (AvgIpc) is 2.56. The number of hydrogen-bond donors (Lipinski definition) is 0. The summed E-state index contributed by atoms with van der Waals surface area (Å²) in [7, 11) is 1.33. The van der Waals surface area contributed by atoms with E-state index in [0.717, 1.165) is 10.3 Å². The molecule has 122 valence electrons. The molecule has 0 aliphatic heterocycles. The fourth-order valence-electron chi connectivity index (χ4n) is 2.25. The second kappa shape index (κ2) is 8.02. The molecule has 1 amide bonds. The van der Waals surface area contributed by atoms with Gasteiger partial charge in [-0.3, -0.25) is 9.59 Å². The lowest BCUT2D eigenvalue weighted by Crippen LogP contribution is -2.42. The van der Waals surface area contributed by atoms with Crippen LogP contribution in [0.4, 0.5) is 0 Å². The molecule has 2 aromatic rings. The number of benzene rings is 2. The van der Waals surface area contributed by atoms with Crippen LogP contribution in [0.1, 0.15) is 13.8 Å². The van der Waals surface area contributed by atoms with Crippen LogP contribution >= 0.6 is 11.8 Å². The Bertz CT molecular complexity index is 699. The molecule has 0 atom stereocenters. The van der Waals surface area contributed by atoms with Gasteiger partial charge in [-0.2, -0.15) is 0 Å². The molecule has 0 saturated heterocycles. The van der Waals surface area contributed by atoms with E-state index < -0.39 is 5.97 Å². The van der Waals surface area contributed by atoms with Gasteiger partial charge >= 0.3 is 5.97 Å². The van der Waals surface area contributed by atoms with E-state index in [2.05, 4.69) is 29.0 Å². The van der Waals surface area contributed by atoms with Crippen LogP contribution in [0.25, 0.3) is 10.8 Å². The minimum atomic E-state index is -0.400. The van der Waals surface area contributed by atoms with E-state index in [1.165, 1.54) is 24.3 Å². The zero-order valence-corrected chi connectivity index (χ0v) is 14.4. The number of ether oxygens (including phenoxy) is 1. The number of amides is 1. The SMILES string of the molecule is COC(=O)CN(C(=O)CSc1ccc2ccccc2c1)C(C)C. The van der Waals surface area contributed by atoms with Crippen LogP contribution in [0.5, 0.6) is 0 Å². The minimum absolute atomic E-state index is 0.00865. The Morgan fingerprint density at radius 1 is 1.13 bits per heavy atom. The van der Waals surface area contributed by atoms with Crippen LogP contribution in [-0.2, 0) is 14.3 Å². The minimum Gasteiger partial charge on any atom is -0.468 e. The normalized spacial score (nSPS) is 10.8. The number of thioether (sulfide) groups is 1. The summed E-state index contributed by atoms with van der Waals surface area (Å²) in [5.74, 6) is -0.167. The summed E-state index contributed by atoms with van der Waals surface area (Å²) >= 11 is 1.48. The van der Waals surface area contributed by atoms with Crippen LogP contribution in [-0.4, -0.2) is 42.2 Å². The molecule has 2 rings (SSSR count). The van der Waals surface area contributed by atoms with E-state index in [1.54, 1.807) is 4.90 Å². The maximum absolute atomic E-state index is 12.4. The van der Waals surface area contributed by atoms with E-state index in [9.17, 15) is 9.59 Å². The molecule has 0 radical (unpaired) electrons. The highest BCUT2D eigenvalue weighted by atomic mass is 32.2. The van der Waals surface area contributed by atoms with E-state index in [0.29, 0.717) is 5.75 Å². The Morgan fingerprint density at radius 2 is 1.83 bits per heavy atom. The van der Waals surface area contributed by atoms with Gasteiger partial charge in [0, 0.05) is 10.9 Å². The highest BCUT2D eigenvalue weighted by Gasteiger charge is 2.20. The Labute approximate surface area is 140 Å². The van der Waals surface area contributed by atoms with E-state index in [1.807, 2.05) is 32.0 Å². The molecule has 0 aromatic heterocycles. The summed E-state index contributed by atoms with van der Waals surface area (Å²) in [6.45, 7) is 3.77. The highest BCUT2D eigenvalue weighted by Crippen LogP contribution is 2.24. The van der Waals surface area contributed by atoms with Crippen molar-refractivity contribution in [2.45, 2.75) is 24.8 Å². The molecule has 0 heterocycles. The molecule has 0 aliphatic carbocycles. The molecule has 0 bridgehead atoms. The number of fused-ring (bicyclic) bond motifs is 1. The average molecular weight is 331 g/mol. The van der Waals surface area contributed by atoms with E-state index in [-0.39, 0.29) is 18.5 Å². The number of esters is 1. The van der Waals surface area contributed by atoms with Gasteiger partial charge in [-0.05, 0) is 36.8 Å². The Balaban J connectivity index is 2.02. The Hall–Kier alpha value is -2.01. The van der Waals surface area contributed by atoms with Crippen molar-refractivity contribution in [1.82, 2.24) is 4.90 Å². The largest absolute Gasteiger partial charge is 0.468 e. The predicted molar refractivity (Wildman–Crippen MR) is 93.5 cm³/mol. The van der Waals surface area contributed by atoms with Gasteiger partial charge in [0.25, 0.3) is 0 Å². The molecule has 0 spiro atoms. The summed E-state index contributed by atoms with van der Waals surface area (Å²) in [6.07, 6.45) is 0. The number of nitrogens with zero attached hydrogens (tertiary/aromatic N) is 1. The topological polar surface area (TPSA) is 46.6 Å². The number of rotatable bonds is 6. The number of carbonyl (C=O) groups is 2. The molecule has 0 fully saturated rings. The summed E-state index contributed by atoms with van der Waals surface area (Å²) in [5, 5.41) is 2.33. The van der Waals surface area contributed by atoms with Crippen LogP contribution in [0, 0.1) is 0 Å². The maximum atomic E-state index is 12.4.